The number of carbonyl (C=O) groups is 1. The van der Waals surface area contributed by atoms with Crippen molar-refractivity contribution in [3.05, 3.63) is 71.9 Å². The minimum absolute atomic E-state index is 0.0456. The molecule has 1 heterocycles. The van der Waals surface area contributed by atoms with Crippen LogP contribution in [0, 0.1) is 0 Å². The third-order valence-corrected chi connectivity index (χ3v) is 3.91. The highest BCUT2D eigenvalue weighted by Gasteiger charge is 2.13. The fraction of sp³-hybridized carbons (Fsp3) is 0.211. The molecular weight excluding hydrogens is 272 g/mol. The maximum atomic E-state index is 12.5. The lowest BCUT2D eigenvalue weighted by atomic mass is 10.1. The third kappa shape index (κ3) is 3.19. The Morgan fingerprint density at radius 3 is 2.55 bits per heavy atom. The van der Waals surface area contributed by atoms with E-state index in [1.807, 2.05) is 43.4 Å². The number of aromatic nitrogens is 1. The van der Waals surface area contributed by atoms with Gasteiger partial charge in [0.05, 0.1) is 0 Å². The van der Waals surface area contributed by atoms with E-state index in [2.05, 4.69) is 29.2 Å². The summed E-state index contributed by atoms with van der Waals surface area (Å²) < 4.78 is 0. The highest BCUT2D eigenvalue weighted by Crippen LogP contribution is 2.16. The van der Waals surface area contributed by atoms with Crippen molar-refractivity contribution < 1.29 is 4.79 Å². The van der Waals surface area contributed by atoms with Crippen LogP contribution in [0.5, 0.6) is 0 Å². The van der Waals surface area contributed by atoms with Crippen molar-refractivity contribution in [3.8, 4) is 0 Å². The van der Waals surface area contributed by atoms with Gasteiger partial charge in [-0.2, -0.15) is 0 Å². The van der Waals surface area contributed by atoms with Crippen LogP contribution < -0.4 is 0 Å². The molecule has 0 saturated heterocycles. The summed E-state index contributed by atoms with van der Waals surface area (Å²) >= 11 is 0. The lowest BCUT2D eigenvalue weighted by Crippen LogP contribution is -2.28. The number of benzene rings is 2. The van der Waals surface area contributed by atoms with Gasteiger partial charge in [0.15, 0.2) is 0 Å². The van der Waals surface area contributed by atoms with Gasteiger partial charge in [0.25, 0.3) is 5.91 Å². The molecule has 0 bridgehead atoms. The van der Waals surface area contributed by atoms with Crippen molar-refractivity contribution in [1.29, 1.82) is 0 Å². The molecule has 22 heavy (non-hydrogen) atoms. The van der Waals surface area contributed by atoms with Crippen LogP contribution in [0.3, 0.4) is 0 Å². The minimum atomic E-state index is 0.0456. The van der Waals surface area contributed by atoms with Gasteiger partial charge in [-0.15, -0.1) is 0 Å². The molecule has 0 unspecified atom stereocenters. The van der Waals surface area contributed by atoms with Crippen LogP contribution in [-0.4, -0.2) is 29.4 Å². The van der Waals surface area contributed by atoms with Crippen molar-refractivity contribution in [2.45, 2.75) is 12.8 Å². The summed E-state index contributed by atoms with van der Waals surface area (Å²) in [6, 6.07) is 20.2. The fourth-order valence-electron chi connectivity index (χ4n) is 2.66. The van der Waals surface area contributed by atoms with Gasteiger partial charge in [0.1, 0.15) is 5.69 Å². The number of carbonyl (C=O) groups excluding carboxylic acids is 1. The number of nitrogens with one attached hydrogen (secondary N) is 1. The Balaban J connectivity index is 1.59. The first-order valence-corrected chi connectivity index (χ1v) is 7.61. The zero-order valence-corrected chi connectivity index (χ0v) is 12.8. The van der Waals surface area contributed by atoms with Crippen LogP contribution in [0.2, 0.25) is 0 Å². The lowest BCUT2D eigenvalue weighted by molar-refractivity contribution is 0.0789. The molecule has 0 saturated carbocycles. The first-order valence-electron chi connectivity index (χ1n) is 7.61. The minimum Gasteiger partial charge on any atom is -0.351 e. The zero-order chi connectivity index (χ0) is 15.4. The molecule has 3 nitrogen and oxygen atoms in total. The quantitative estimate of drug-likeness (QED) is 0.761. The van der Waals surface area contributed by atoms with Crippen molar-refractivity contribution >= 4 is 16.8 Å². The first-order chi connectivity index (χ1) is 10.7. The SMILES string of the molecule is CN(CCCc1ccccc1)C(=O)c1cc2ccccc2[nH]1. The Morgan fingerprint density at radius 1 is 1.05 bits per heavy atom. The zero-order valence-electron chi connectivity index (χ0n) is 12.8. The molecule has 2 aromatic carbocycles. The average molecular weight is 292 g/mol. The molecule has 3 rings (SSSR count). The van der Waals surface area contributed by atoms with Gasteiger partial charge in [-0.05, 0) is 30.5 Å². The van der Waals surface area contributed by atoms with Crippen molar-refractivity contribution in [2.24, 2.45) is 0 Å². The summed E-state index contributed by atoms with van der Waals surface area (Å²) in [6.45, 7) is 0.753. The Morgan fingerprint density at radius 2 is 1.77 bits per heavy atom. The average Bonchev–Trinajstić information content (AvgIpc) is 2.99. The number of aromatic amines is 1. The van der Waals surface area contributed by atoms with Crippen LogP contribution in [0.25, 0.3) is 10.9 Å². The molecule has 0 aliphatic carbocycles. The fourth-order valence-corrected chi connectivity index (χ4v) is 2.66. The predicted molar refractivity (Wildman–Crippen MR) is 90.0 cm³/mol. The molecule has 0 fully saturated rings. The van der Waals surface area contributed by atoms with Crippen LogP contribution in [0.4, 0.5) is 0 Å². The molecule has 1 N–H and O–H groups in total. The highest BCUT2D eigenvalue weighted by atomic mass is 16.2. The van der Waals surface area contributed by atoms with Gasteiger partial charge in [0, 0.05) is 24.5 Å². The molecule has 3 aromatic rings. The molecule has 3 heteroatoms. The van der Waals surface area contributed by atoms with E-state index in [0.717, 1.165) is 30.3 Å². The maximum Gasteiger partial charge on any atom is 0.270 e. The third-order valence-electron chi connectivity index (χ3n) is 3.91. The molecule has 1 amide bonds. The van der Waals surface area contributed by atoms with E-state index in [-0.39, 0.29) is 5.91 Å². The standard InChI is InChI=1S/C19H20N2O/c1-21(13-7-10-15-8-3-2-4-9-15)19(22)18-14-16-11-5-6-12-17(16)20-18/h2-6,8-9,11-12,14,20H,7,10,13H2,1H3. The number of fused-ring (bicyclic) bond motifs is 1. The largest absolute Gasteiger partial charge is 0.351 e. The second kappa shape index (κ2) is 6.48. The van der Waals surface area contributed by atoms with E-state index in [1.165, 1.54) is 5.56 Å². The first kappa shape index (κ1) is 14.4. The monoisotopic (exact) mass is 292 g/mol. The molecule has 0 aliphatic rings. The summed E-state index contributed by atoms with van der Waals surface area (Å²) in [5, 5.41) is 1.07. The van der Waals surface area contributed by atoms with Crippen molar-refractivity contribution in [1.82, 2.24) is 9.88 Å². The second-order valence-corrected chi connectivity index (χ2v) is 5.59. The van der Waals surface area contributed by atoms with E-state index in [4.69, 9.17) is 0 Å². The summed E-state index contributed by atoms with van der Waals surface area (Å²) in [4.78, 5) is 17.4. The van der Waals surface area contributed by atoms with Crippen molar-refractivity contribution in [3.63, 3.8) is 0 Å². The van der Waals surface area contributed by atoms with Gasteiger partial charge in [0.2, 0.25) is 0 Å². The van der Waals surface area contributed by atoms with E-state index in [1.54, 1.807) is 4.90 Å². The van der Waals surface area contributed by atoms with Gasteiger partial charge < -0.3 is 9.88 Å². The summed E-state index contributed by atoms with van der Waals surface area (Å²) in [5.74, 6) is 0.0456. The van der Waals surface area contributed by atoms with Crippen LogP contribution in [0.15, 0.2) is 60.7 Å². The molecule has 1 aromatic heterocycles. The molecule has 112 valence electrons. The number of nitrogens with zero attached hydrogens (tertiary/aromatic N) is 1. The van der Waals surface area contributed by atoms with E-state index in [0.29, 0.717) is 5.69 Å². The van der Waals surface area contributed by atoms with Gasteiger partial charge in [-0.1, -0.05) is 48.5 Å². The van der Waals surface area contributed by atoms with Crippen LogP contribution in [0.1, 0.15) is 22.5 Å². The molecule has 0 atom stereocenters. The van der Waals surface area contributed by atoms with E-state index < -0.39 is 0 Å². The topological polar surface area (TPSA) is 36.1 Å². The number of aryl methyl sites for hydroxylation is 1. The number of para-hydroxylation sites is 1. The van der Waals surface area contributed by atoms with Gasteiger partial charge in [-0.3, -0.25) is 4.79 Å². The normalized spacial score (nSPS) is 10.8. The summed E-state index contributed by atoms with van der Waals surface area (Å²) in [7, 11) is 1.86. The van der Waals surface area contributed by atoms with Crippen LogP contribution >= 0.6 is 0 Å². The van der Waals surface area contributed by atoms with Gasteiger partial charge >= 0.3 is 0 Å². The predicted octanol–water partition coefficient (Wildman–Crippen LogP) is 3.87. The van der Waals surface area contributed by atoms with E-state index >= 15 is 0 Å². The Bertz CT molecular complexity index is 728. The summed E-state index contributed by atoms with van der Waals surface area (Å²) in [5.41, 5.74) is 2.97. The van der Waals surface area contributed by atoms with Crippen LogP contribution in [-0.2, 0) is 6.42 Å². The Hall–Kier alpha value is -2.55. The number of H-pyrrole nitrogens is 1. The molecular formula is C19H20N2O. The molecule has 0 radical (unpaired) electrons. The number of amides is 1. The lowest BCUT2D eigenvalue weighted by Gasteiger charge is -2.16. The second-order valence-electron chi connectivity index (χ2n) is 5.59. The maximum absolute atomic E-state index is 12.5. The smallest absolute Gasteiger partial charge is 0.270 e. The molecule has 0 aliphatic heterocycles. The summed E-state index contributed by atoms with van der Waals surface area (Å²) in [6.07, 6.45) is 1.96. The Labute approximate surface area is 130 Å². The highest BCUT2D eigenvalue weighted by molar-refractivity contribution is 5.97. The number of rotatable bonds is 5. The number of hydrogen-bond donors (Lipinski definition) is 1. The van der Waals surface area contributed by atoms with Crippen molar-refractivity contribution in [2.75, 3.05) is 13.6 Å². The molecule has 0 spiro atoms. The Kier molecular flexibility index (Phi) is 4.24. The van der Waals surface area contributed by atoms with E-state index in [9.17, 15) is 4.79 Å². The number of hydrogen-bond acceptors (Lipinski definition) is 1. The van der Waals surface area contributed by atoms with Gasteiger partial charge in [-0.25, -0.2) is 0 Å².